The molecular formula is C19H15NO7. The van der Waals surface area contributed by atoms with Crippen molar-refractivity contribution in [2.24, 2.45) is 11.7 Å². The molecule has 8 heteroatoms. The molecule has 138 valence electrons. The van der Waals surface area contributed by atoms with Crippen LogP contribution in [0.1, 0.15) is 35.7 Å². The fraction of sp³-hybridized carbons (Fsp3) is 0.263. The molecule has 0 saturated heterocycles. The predicted octanol–water partition coefficient (Wildman–Crippen LogP) is 0.934. The lowest BCUT2D eigenvalue weighted by atomic mass is 9.67. The Balaban J connectivity index is 1.89. The molecule has 0 aromatic heterocycles. The van der Waals surface area contributed by atoms with Crippen LogP contribution < -0.4 is 5.73 Å². The second-order valence-corrected chi connectivity index (χ2v) is 6.99. The van der Waals surface area contributed by atoms with Gasteiger partial charge in [-0.25, -0.2) is 0 Å². The van der Waals surface area contributed by atoms with E-state index < -0.39 is 40.3 Å². The highest BCUT2D eigenvalue weighted by molar-refractivity contribution is 6.33. The largest absolute Gasteiger partial charge is 0.507 e. The van der Waals surface area contributed by atoms with Gasteiger partial charge in [-0.3, -0.25) is 19.2 Å². The number of hydrogen-bond acceptors (Lipinski definition) is 7. The molecule has 4 rings (SSSR count). The maximum absolute atomic E-state index is 12.6. The normalized spacial score (nSPS) is 27.0. The van der Waals surface area contributed by atoms with Gasteiger partial charge in [0.1, 0.15) is 16.9 Å². The zero-order valence-corrected chi connectivity index (χ0v) is 14.2. The van der Waals surface area contributed by atoms with Gasteiger partial charge in [0.2, 0.25) is 11.6 Å². The van der Waals surface area contributed by atoms with Crippen molar-refractivity contribution in [3.63, 3.8) is 0 Å². The average molecular weight is 369 g/mol. The number of allylic oxidation sites excluding steroid dienone is 2. The third kappa shape index (κ3) is 2.09. The molecule has 8 nitrogen and oxygen atoms in total. The summed E-state index contributed by atoms with van der Waals surface area (Å²) in [4.78, 5) is 49.1. The van der Waals surface area contributed by atoms with Crippen molar-refractivity contribution >= 4 is 23.3 Å². The van der Waals surface area contributed by atoms with Crippen LogP contribution in [0.25, 0.3) is 0 Å². The first-order valence-electron chi connectivity index (χ1n) is 8.27. The number of aliphatic hydroxyl groups is 1. The predicted molar refractivity (Wildman–Crippen MR) is 89.5 cm³/mol. The summed E-state index contributed by atoms with van der Waals surface area (Å²) >= 11 is 0. The Hall–Kier alpha value is -3.42. The number of rotatable bonds is 1. The van der Waals surface area contributed by atoms with Crippen LogP contribution in [0.3, 0.4) is 0 Å². The lowest BCUT2D eigenvalue weighted by molar-refractivity contribution is -0.132. The summed E-state index contributed by atoms with van der Waals surface area (Å²) in [5, 5.41) is 20.0. The molecule has 1 aromatic carbocycles. The first kappa shape index (κ1) is 17.0. The smallest absolute Gasteiger partial charge is 0.256 e. The minimum atomic E-state index is -1.23. The summed E-state index contributed by atoms with van der Waals surface area (Å²) < 4.78 is 5.92. The number of amides is 1. The van der Waals surface area contributed by atoms with Gasteiger partial charge in [0.25, 0.3) is 5.91 Å². The molecule has 27 heavy (non-hydrogen) atoms. The van der Waals surface area contributed by atoms with Crippen LogP contribution >= 0.6 is 0 Å². The van der Waals surface area contributed by atoms with E-state index in [0.29, 0.717) is 5.56 Å². The Morgan fingerprint density at radius 1 is 1.19 bits per heavy atom. The Labute approximate surface area is 152 Å². The Bertz CT molecular complexity index is 1030. The van der Waals surface area contributed by atoms with Crippen molar-refractivity contribution < 1.29 is 34.1 Å². The molecule has 0 radical (unpaired) electrons. The van der Waals surface area contributed by atoms with E-state index in [1.54, 1.807) is 19.1 Å². The van der Waals surface area contributed by atoms with Crippen molar-refractivity contribution in [1.29, 1.82) is 0 Å². The van der Waals surface area contributed by atoms with E-state index in [1.165, 1.54) is 6.07 Å². The highest BCUT2D eigenvalue weighted by atomic mass is 16.5. The first-order valence-corrected chi connectivity index (χ1v) is 8.27. The van der Waals surface area contributed by atoms with Gasteiger partial charge >= 0.3 is 0 Å². The summed E-state index contributed by atoms with van der Waals surface area (Å²) in [5.41, 5.74) is 3.57. The minimum Gasteiger partial charge on any atom is -0.507 e. The number of carbonyl (C=O) groups excluding carboxylic acids is 4. The Morgan fingerprint density at radius 3 is 2.56 bits per heavy atom. The van der Waals surface area contributed by atoms with Crippen molar-refractivity contribution in [2.75, 3.05) is 0 Å². The number of phenols is 1. The average Bonchev–Trinajstić information content (AvgIpc) is 2.60. The van der Waals surface area contributed by atoms with E-state index in [-0.39, 0.29) is 41.3 Å². The maximum Gasteiger partial charge on any atom is 0.256 e. The van der Waals surface area contributed by atoms with Gasteiger partial charge < -0.3 is 20.7 Å². The van der Waals surface area contributed by atoms with E-state index in [2.05, 4.69) is 0 Å². The van der Waals surface area contributed by atoms with Gasteiger partial charge in [-0.1, -0.05) is 12.1 Å². The van der Waals surface area contributed by atoms with Crippen molar-refractivity contribution in [1.82, 2.24) is 0 Å². The number of hydrogen-bond donors (Lipinski definition) is 3. The zero-order valence-electron chi connectivity index (χ0n) is 14.2. The number of benzene rings is 1. The molecule has 0 spiro atoms. The van der Waals surface area contributed by atoms with Gasteiger partial charge in [-0.2, -0.15) is 0 Å². The van der Waals surface area contributed by atoms with E-state index in [4.69, 9.17) is 10.5 Å². The second-order valence-electron chi connectivity index (χ2n) is 6.99. The standard InChI is InChI=1S/C19H15NO7/c1-19-7(6-11(22)12-9(19)3-2-4-10(12)21)5-8-14(23)15(24)13(18(20)26)16(25)17(8)27-19/h2-4,7,21,24H,5-6H2,1H3,(H2,20,26)/t7-,19-/m0/s1. The van der Waals surface area contributed by atoms with E-state index in [1.807, 2.05) is 0 Å². The van der Waals surface area contributed by atoms with Crippen LogP contribution in [0, 0.1) is 5.92 Å². The monoisotopic (exact) mass is 369 g/mol. The number of aromatic hydroxyl groups is 1. The van der Waals surface area contributed by atoms with E-state index in [9.17, 15) is 29.4 Å². The highest BCUT2D eigenvalue weighted by Crippen LogP contribution is 2.52. The highest BCUT2D eigenvalue weighted by Gasteiger charge is 2.53. The molecule has 0 fully saturated rings. The second kappa shape index (κ2) is 5.29. The molecule has 1 aromatic rings. The number of Topliss-reactive ketones (excluding diaryl/α,β-unsaturated/α-hetero) is 3. The van der Waals surface area contributed by atoms with Crippen LogP contribution in [-0.4, -0.2) is 33.5 Å². The molecule has 1 heterocycles. The molecule has 0 bridgehead atoms. The summed E-state index contributed by atoms with van der Waals surface area (Å²) in [6, 6.07) is 4.55. The van der Waals surface area contributed by atoms with Crippen LogP contribution in [0.4, 0.5) is 0 Å². The van der Waals surface area contributed by atoms with Crippen molar-refractivity contribution in [2.45, 2.75) is 25.4 Å². The van der Waals surface area contributed by atoms with Crippen LogP contribution in [0.5, 0.6) is 5.75 Å². The maximum atomic E-state index is 12.6. The number of aliphatic hydroxyl groups excluding tert-OH is 1. The van der Waals surface area contributed by atoms with Gasteiger partial charge in [-0.15, -0.1) is 0 Å². The number of ketones is 3. The molecule has 1 amide bonds. The summed E-state index contributed by atoms with van der Waals surface area (Å²) in [7, 11) is 0. The molecule has 2 aliphatic carbocycles. The van der Waals surface area contributed by atoms with Gasteiger partial charge in [-0.05, 0) is 19.4 Å². The SMILES string of the molecule is C[C@]12OC3=C(C[C@H]1CC(=O)c1c(O)cccc12)C(=O)C(O)=C(C(N)=O)C3=O. The molecule has 0 unspecified atom stereocenters. The minimum absolute atomic E-state index is 0.00729. The zero-order chi connectivity index (χ0) is 19.7. The molecule has 3 aliphatic rings. The van der Waals surface area contributed by atoms with Crippen LogP contribution in [0.2, 0.25) is 0 Å². The molecule has 1 aliphatic heterocycles. The van der Waals surface area contributed by atoms with E-state index >= 15 is 0 Å². The Kier molecular flexibility index (Phi) is 3.33. The molecule has 4 N–H and O–H groups in total. The van der Waals surface area contributed by atoms with Gasteiger partial charge in [0, 0.05) is 17.9 Å². The first-order chi connectivity index (χ1) is 12.7. The quantitative estimate of drug-likeness (QED) is 0.493. The number of carbonyl (C=O) groups is 4. The van der Waals surface area contributed by atoms with E-state index in [0.717, 1.165) is 0 Å². The number of phenolic OH excluding ortho intramolecular Hbond substituents is 1. The molecular weight excluding hydrogens is 354 g/mol. The van der Waals surface area contributed by atoms with Gasteiger partial charge in [0.15, 0.2) is 17.3 Å². The fourth-order valence-electron chi connectivity index (χ4n) is 4.09. The third-order valence-corrected chi connectivity index (χ3v) is 5.51. The lowest BCUT2D eigenvalue weighted by Gasteiger charge is -2.46. The summed E-state index contributed by atoms with van der Waals surface area (Å²) in [6.45, 7) is 1.66. The third-order valence-electron chi connectivity index (χ3n) is 5.51. The van der Waals surface area contributed by atoms with Crippen molar-refractivity contribution in [3.05, 3.63) is 52.0 Å². The van der Waals surface area contributed by atoms with Gasteiger partial charge in [0.05, 0.1) is 11.1 Å². The number of primary amides is 1. The van der Waals surface area contributed by atoms with Crippen molar-refractivity contribution in [3.8, 4) is 5.75 Å². The number of fused-ring (bicyclic) bond motifs is 3. The molecule has 0 saturated carbocycles. The fourth-order valence-corrected chi connectivity index (χ4v) is 4.09. The van der Waals surface area contributed by atoms with Crippen LogP contribution in [0.15, 0.2) is 40.9 Å². The number of nitrogens with two attached hydrogens (primary N) is 1. The summed E-state index contributed by atoms with van der Waals surface area (Å²) in [6.07, 6.45) is -0.000177. The number of ether oxygens (including phenoxy) is 1. The van der Waals surface area contributed by atoms with Crippen LogP contribution in [-0.2, 0) is 24.7 Å². The Morgan fingerprint density at radius 2 is 1.89 bits per heavy atom. The summed E-state index contributed by atoms with van der Waals surface area (Å²) in [5.74, 6) is -5.44. The lowest BCUT2D eigenvalue weighted by Crippen LogP contribution is -2.47. The molecule has 2 atom stereocenters. The topological polar surface area (TPSA) is 144 Å².